The van der Waals surface area contributed by atoms with Gasteiger partial charge >= 0.3 is 12.1 Å². The number of halogens is 2. The van der Waals surface area contributed by atoms with Gasteiger partial charge in [0, 0.05) is 51.4 Å². The van der Waals surface area contributed by atoms with E-state index in [1.165, 1.54) is 11.8 Å². The van der Waals surface area contributed by atoms with Crippen molar-refractivity contribution >= 4 is 35.7 Å². The molecule has 2 aliphatic heterocycles. The van der Waals surface area contributed by atoms with Gasteiger partial charge in [0.1, 0.15) is 6.04 Å². The minimum absolute atomic E-state index is 0.0597. The third-order valence-electron chi connectivity index (χ3n) is 8.96. The van der Waals surface area contributed by atoms with Gasteiger partial charge in [-0.25, -0.2) is 23.1 Å². The molecule has 1 aromatic carbocycles. The smallest absolute Gasteiger partial charge is 0.407 e. The van der Waals surface area contributed by atoms with E-state index >= 15 is 0 Å². The summed E-state index contributed by atoms with van der Waals surface area (Å²) in [5, 5.41) is 28.6. The summed E-state index contributed by atoms with van der Waals surface area (Å²) in [5.74, 6) is -6.81. The Bertz CT molecular complexity index is 1640. The first-order valence-corrected chi connectivity index (χ1v) is 15.9. The Labute approximate surface area is 278 Å². The van der Waals surface area contributed by atoms with Crippen molar-refractivity contribution in [2.45, 2.75) is 50.6 Å². The van der Waals surface area contributed by atoms with E-state index in [1.807, 2.05) is 0 Å². The lowest BCUT2D eigenvalue weighted by Crippen LogP contribution is -2.66. The van der Waals surface area contributed by atoms with Gasteiger partial charge in [-0.05, 0) is 50.2 Å². The molecule has 264 valence electrons. The fraction of sp³-hybridized carbons (Fsp3) is 0.516. The van der Waals surface area contributed by atoms with E-state index in [4.69, 9.17) is 4.74 Å². The van der Waals surface area contributed by atoms with Gasteiger partial charge in [0.2, 0.25) is 17.3 Å². The van der Waals surface area contributed by atoms with Crippen LogP contribution in [0.2, 0.25) is 0 Å². The van der Waals surface area contributed by atoms with Crippen LogP contribution in [0.25, 0.3) is 5.69 Å². The van der Waals surface area contributed by atoms with Crippen LogP contribution in [-0.4, -0.2) is 128 Å². The lowest BCUT2D eigenvalue weighted by molar-refractivity contribution is -0.156. The van der Waals surface area contributed by atoms with Crippen molar-refractivity contribution in [3.63, 3.8) is 0 Å². The van der Waals surface area contributed by atoms with E-state index in [0.717, 1.165) is 51.6 Å². The molecule has 18 heteroatoms. The Morgan fingerprint density at radius 3 is 2.27 bits per heavy atom. The Morgan fingerprint density at radius 2 is 1.65 bits per heavy atom. The van der Waals surface area contributed by atoms with Crippen LogP contribution in [0.5, 0.6) is 5.88 Å². The van der Waals surface area contributed by atoms with Gasteiger partial charge in [0.15, 0.2) is 23.9 Å². The Morgan fingerprint density at radius 1 is 0.959 bits per heavy atom. The van der Waals surface area contributed by atoms with Crippen LogP contribution in [0.1, 0.15) is 49.5 Å². The van der Waals surface area contributed by atoms with Crippen LogP contribution < -0.4 is 15.4 Å². The van der Waals surface area contributed by atoms with Crippen LogP contribution in [0, 0.1) is 17.6 Å². The molecule has 1 saturated carbocycles. The number of nitrogens with zero attached hydrogens (tertiary/aromatic N) is 5. The minimum Gasteiger partial charge on any atom is -0.479 e. The molecule has 0 bridgehead atoms. The summed E-state index contributed by atoms with van der Waals surface area (Å²) >= 11 is 0. The third-order valence-corrected chi connectivity index (χ3v) is 8.96. The van der Waals surface area contributed by atoms with Crippen molar-refractivity contribution in [2.75, 3.05) is 45.9 Å². The van der Waals surface area contributed by atoms with Crippen molar-refractivity contribution in [3.8, 4) is 11.6 Å². The molecule has 0 spiro atoms. The van der Waals surface area contributed by atoms with Gasteiger partial charge in [-0.15, -0.1) is 0 Å². The van der Waals surface area contributed by atoms with Crippen molar-refractivity contribution in [1.29, 1.82) is 0 Å². The number of benzene rings is 1. The lowest BCUT2D eigenvalue weighted by Gasteiger charge is -2.38. The predicted molar refractivity (Wildman–Crippen MR) is 164 cm³/mol. The van der Waals surface area contributed by atoms with Crippen molar-refractivity contribution < 1.29 is 52.5 Å². The highest BCUT2D eigenvalue weighted by atomic mass is 19.2. The number of carbonyl (C=O) groups excluding carboxylic acids is 4. The van der Waals surface area contributed by atoms with Crippen LogP contribution in [0.15, 0.2) is 24.3 Å². The zero-order valence-corrected chi connectivity index (χ0v) is 26.7. The number of aromatic nitrogens is 2. The second-order valence-corrected chi connectivity index (χ2v) is 12.2. The maximum absolute atomic E-state index is 14.2. The molecular formula is C31H37F2N7O9. The van der Waals surface area contributed by atoms with Crippen molar-refractivity contribution in [1.82, 2.24) is 35.1 Å². The first kappa shape index (κ1) is 35.0. The zero-order valence-electron chi connectivity index (χ0n) is 26.7. The molecule has 3 heterocycles. The summed E-state index contributed by atoms with van der Waals surface area (Å²) < 4.78 is 34.6. The standard InChI is InChI=1S/C31H37F2N7O9/c1-2-31(29(45)46,28(44)37-10-12-38(13-11-37)30(47)48)35-26(42)22-15-25(40(36-22)19-7-8-20(32)21(33)14-19)49-17-24(41)39-9-3-4-23(39)27(43)34-16-18-5-6-18/h7-8,14-15,18,23H,2-6,9-13,16-17H2,1H3,(H,34,43)(H,35,42)(H,45,46)(H,47,48)/t23-,31-/m0/s1. The fourth-order valence-electron chi connectivity index (χ4n) is 5.84. The molecule has 1 aliphatic carbocycles. The first-order valence-electron chi connectivity index (χ1n) is 15.9. The average Bonchev–Trinajstić information content (AvgIpc) is 3.60. The molecule has 3 fully saturated rings. The van der Waals surface area contributed by atoms with Crippen LogP contribution in [0.4, 0.5) is 13.6 Å². The molecule has 2 atom stereocenters. The van der Waals surface area contributed by atoms with Gasteiger partial charge in [-0.2, -0.15) is 5.10 Å². The monoisotopic (exact) mass is 689 g/mol. The molecular weight excluding hydrogens is 652 g/mol. The number of carbonyl (C=O) groups is 6. The SMILES string of the molecule is CC[C@@](NC(=O)c1cc(OCC(=O)N2CCC[C@H]2C(=O)NCC2CC2)n(-c2ccc(F)c(F)c2)n1)(C(=O)O)C(=O)N1CCN(C(=O)O)CC1. The quantitative estimate of drug-likeness (QED) is 0.231. The molecule has 16 nitrogen and oxygen atoms in total. The fourth-order valence-corrected chi connectivity index (χ4v) is 5.84. The molecule has 3 aliphatic rings. The lowest BCUT2D eigenvalue weighted by atomic mass is 9.93. The van der Waals surface area contributed by atoms with Crippen molar-refractivity contribution in [3.05, 3.63) is 41.6 Å². The van der Waals surface area contributed by atoms with Gasteiger partial charge in [-0.1, -0.05) is 6.92 Å². The van der Waals surface area contributed by atoms with E-state index in [9.17, 15) is 47.8 Å². The number of rotatable bonds is 12. The van der Waals surface area contributed by atoms with E-state index in [1.54, 1.807) is 0 Å². The minimum atomic E-state index is -2.46. The van der Waals surface area contributed by atoms with Gasteiger partial charge in [0.05, 0.1) is 5.69 Å². The molecule has 49 heavy (non-hydrogen) atoms. The zero-order chi connectivity index (χ0) is 35.5. The van der Waals surface area contributed by atoms with Gasteiger partial charge in [-0.3, -0.25) is 19.2 Å². The number of hydrogen-bond donors (Lipinski definition) is 4. The predicted octanol–water partition coefficient (Wildman–Crippen LogP) is 0.832. The number of likely N-dealkylation sites (tertiary alicyclic amines) is 1. The summed E-state index contributed by atoms with van der Waals surface area (Å²) in [5.41, 5.74) is -3.05. The number of amides is 5. The summed E-state index contributed by atoms with van der Waals surface area (Å²) in [7, 11) is 0. The molecule has 2 aromatic rings. The summed E-state index contributed by atoms with van der Waals surface area (Å²) in [6.45, 7) is 1.29. The molecule has 0 radical (unpaired) electrons. The molecule has 0 unspecified atom stereocenters. The second kappa shape index (κ2) is 14.4. The van der Waals surface area contributed by atoms with Crippen molar-refractivity contribution in [2.24, 2.45) is 5.92 Å². The number of nitrogens with one attached hydrogen (secondary N) is 2. The second-order valence-electron chi connectivity index (χ2n) is 12.2. The number of piperazine rings is 1. The summed E-state index contributed by atoms with van der Waals surface area (Å²) in [4.78, 5) is 80.4. The number of carboxylic acids is 1. The highest BCUT2D eigenvalue weighted by molar-refractivity contribution is 6.11. The molecule has 1 aromatic heterocycles. The molecule has 5 amide bonds. The number of hydrogen-bond acceptors (Lipinski definition) is 8. The first-order chi connectivity index (χ1) is 23.3. The van der Waals surface area contributed by atoms with Gasteiger partial charge in [0.25, 0.3) is 17.7 Å². The third kappa shape index (κ3) is 7.57. The maximum atomic E-state index is 14.2. The van der Waals surface area contributed by atoms with E-state index < -0.39 is 65.3 Å². The molecule has 2 saturated heterocycles. The Kier molecular flexibility index (Phi) is 10.3. The van der Waals surface area contributed by atoms with E-state index in [2.05, 4.69) is 15.7 Å². The highest BCUT2D eigenvalue weighted by Crippen LogP contribution is 2.28. The maximum Gasteiger partial charge on any atom is 0.407 e. The number of aliphatic carboxylic acids is 1. The largest absolute Gasteiger partial charge is 0.479 e. The molecule has 4 N–H and O–H groups in total. The number of ether oxygens (including phenoxy) is 1. The van der Waals surface area contributed by atoms with Crippen LogP contribution in [-0.2, 0) is 19.2 Å². The summed E-state index contributed by atoms with van der Waals surface area (Å²) in [6.07, 6.45) is 1.58. The molecule has 5 rings (SSSR count). The van der Waals surface area contributed by atoms with Crippen LogP contribution in [0.3, 0.4) is 0 Å². The Balaban J connectivity index is 1.36. The Hall–Kier alpha value is -5.29. The average molecular weight is 690 g/mol. The van der Waals surface area contributed by atoms with E-state index in [0.29, 0.717) is 31.8 Å². The topological polar surface area (TPSA) is 204 Å². The number of carboxylic acid groups (broad SMARTS) is 2. The van der Waals surface area contributed by atoms with E-state index in [-0.39, 0.29) is 50.1 Å². The highest BCUT2D eigenvalue weighted by Gasteiger charge is 2.49. The summed E-state index contributed by atoms with van der Waals surface area (Å²) in [6, 6.07) is 3.08. The van der Waals surface area contributed by atoms with Gasteiger partial charge < -0.3 is 40.3 Å². The normalized spacial score (nSPS) is 18.8. The van der Waals surface area contributed by atoms with Crippen LogP contribution >= 0.6 is 0 Å².